The number of amides is 1. The highest BCUT2D eigenvalue weighted by atomic mass is 16.1. The van der Waals surface area contributed by atoms with E-state index in [-0.39, 0.29) is 5.91 Å². The van der Waals surface area contributed by atoms with Gasteiger partial charge in [0.25, 0.3) is 5.91 Å². The first kappa shape index (κ1) is 17.9. The second kappa shape index (κ2) is 8.43. The summed E-state index contributed by atoms with van der Waals surface area (Å²) in [5.74, 6) is 0.591. The van der Waals surface area contributed by atoms with Crippen molar-refractivity contribution in [1.82, 2.24) is 9.97 Å². The van der Waals surface area contributed by atoms with E-state index in [1.165, 1.54) is 11.9 Å². The van der Waals surface area contributed by atoms with Gasteiger partial charge >= 0.3 is 0 Å². The second-order valence-corrected chi connectivity index (χ2v) is 6.00. The lowest BCUT2D eigenvalue weighted by atomic mass is 10.1. The van der Waals surface area contributed by atoms with E-state index in [2.05, 4.69) is 34.0 Å². The quantitative estimate of drug-likeness (QED) is 0.836. The molecule has 5 nitrogen and oxygen atoms in total. The van der Waals surface area contributed by atoms with Crippen LogP contribution < -0.4 is 10.2 Å². The molecule has 0 radical (unpaired) electrons. The molecule has 1 amide bonds. The van der Waals surface area contributed by atoms with Gasteiger partial charge < -0.3 is 10.2 Å². The van der Waals surface area contributed by atoms with E-state index in [1.807, 2.05) is 32.0 Å². The zero-order valence-corrected chi connectivity index (χ0v) is 15.0. The molecule has 128 valence electrons. The van der Waals surface area contributed by atoms with Crippen molar-refractivity contribution in [2.75, 3.05) is 23.3 Å². The van der Waals surface area contributed by atoms with Gasteiger partial charge in [0.15, 0.2) is 0 Å². The minimum atomic E-state index is -0.213. The van der Waals surface area contributed by atoms with Crippen LogP contribution in [0.4, 0.5) is 11.5 Å². The van der Waals surface area contributed by atoms with E-state index in [9.17, 15) is 4.79 Å². The predicted molar refractivity (Wildman–Crippen MR) is 98.7 cm³/mol. The van der Waals surface area contributed by atoms with Gasteiger partial charge in [0.2, 0.25) is 0 Å². The van der Waals surface area contributed by atoms with E-state index >= 15 is 0 Å². The predicted octanol–water partition coefficient (Wildman–Crippen LogP) is 3.97. The molecule has 0 unspecified atom stereocenters. The third-order valence-corrected chi connectivity index (χ3v) is 3.96. The van der Waals surface area contributed by atoms with Crippen LogP contribution in [0, 0.1) is 13.8 Å². The molecule has 1 aromatic carbocycles. The van der Waals surface area contributed by atoms with Crippen molar-refractivity contribution < 1.29 is 4.79 Å². The molecule has 2 aromatic rings. The van der Waals surface area contributed by atoms with Gasteiger partial charge in [-0.3, -0.25) is 4.79 Å². The molecule has 0 aliphatic carbocycles. The van der Waals surface area contributed by atoms with E-state index in [1.54, 1.807) is 6.07 Å². The van der Waals surface area contributed by atoms with Crippen LogP contribution in [0.3, 0.4) is 0 Å². The zero-order valence-electron chi connectivity index (χ0n) is 15.0. The Hall–Kier alpha value is -2.43. The first-order chi connectivity index (χ1) is 11.5. The minimum Gasteiger partial charge on any atom is -0.357 e. The zero-order chi connectivity index (χ0) is 17.5. The summed E-state index contributed by atoms with van der Waals surface area (Å²) in [6.45, 7) is 10.2. The molecule has 0 saturated heterocycles. The first-order valence-electron chi connectivity index (χ1n) is 8.50. The Morgan fingerprint density at radius 2 is 1.75 bits per heavy atom. The maximum absolute atomic E-state index is 12.5. The SMILES string of the molecule is CCCN(CCC)c1cc(C(=O)Nc2ccc(C)c(C)c2)ncn1. The van der Waals surface area contributed by atoms with Gasteiger partial charge in [-0.25, -0.2) is 9.97 Å². The topological polar surface area (TPSA) is 58.1 Å². The van der Waals surface area contributed by atoms with Gasteiger partial charge in [0.1, 0.15) is 17.8 Å². The molecular formula is C19H26N4O. The summed E-state index contributed by atoms with van der Waals surface area (Å²) in [6, 6.07) is 7.64. The molecule has 2 rings (SSSR count). The van der Waals surface area contributed by atoms with Gasteiger partial charge in [-0.2, -0.15) is 0 Å². The van der Waals surface area contributed by atoms with Crippen molar-refractivity contribution in [3.8, 4) is 0 Å². The van der Waals surface area contributed by atoms with Gasteiger partial charge in [-0.05, 0) is 49.9 Å². The summed E-state index contributed by atoms with van der Waals surface area (Å²) < 4.78 is 0. The highest BCUT2D eigenvalue weighted by molar-refractivity contribution is 6.03. The molecule has 0 bridgehead atoms. The summed E-state index contributed by atoms with van der Waals surface area (Å²) >= 11 is 0. The highest BCUT2D eigenvalue weighted by Crippen LogP contribution is 2.16. The summed E-state index contributed by atoms with van der Waals surface area (Å²) in [5, 5.41) is 2.91. The summed E-state index contributed by atoms with van der Waals surface area (Å²) in [4.78, 5) is 23.1. The summed E-state index contributed by atoms with van der Waals surface area (Å²) in [7, 11) is 0. The number of hydrogen-bond acceptors (Lipinski definition) is 4. The number of aromatic nitrogens is 2. The first-order valence-corrected chi connectivity index (χ1v) is 8.50. The largest absolute Gasteiger partial charge is 0.357 e. The number of carbonyl (C=O) groups is 1. The Balaban J connectivity index is 2.17. The smallest absolute Gasteiger partial charge is 0.274 e. The number of carbonyl (C=O) groups excluding carboxylic acids is 1. The second-order valence-electron chi connectivity index (χ2n) is 6.00. The number of hydrogen-bond donors (Lipinski definition) is 1. The molecule has 24 heavy (non-hydrogen) atoms. The van der Waals surface area contributed by atoms with Crippen LogP contribution in [0.1, 0.15) is 48.3 Å². The van der Waals surface area contributed by atoms with Crippen LogP contribution in [0.25, 0.3) is 0 Å². The maximum atomic E-state index is 12.5. The third kappa shape index (κ3) is 4.54. The van der Waals surface area contributed by atoms with Crippen molar-refractivity contribution in [2.24, 2.45) is 0 Å². The molecular weight excluding hydrogens is 300 g/mol. The van der Waals surface area contributed by atoms with Crippen LogP contribution in [-0.2, 0) is 0 Å². The molecule has 0 atom stereocenters. The molecule has 1 heterocycles. The van der Waals surface area contributed by atoms with Gasteiger partial charge in [-0.1, -0.05) is 19.9 Å². The Labute approximate surface area is 144 Å². The highest BCUT2D eigenvalue weighted by Gasteiger charge is 2.13. The summed E-state index contributed by atoms with van der Waals surface area (Å²) in [6.07, 6.45) is 3.53. The average molecular weight is 326 g/mol. The van der Waals surface area contributed by atoms with Crippen LogP contribution in [-0.4, -0.2) is 29.0 Å². The lowest BCUT2D eigenvalue weighted by Crippen LogP contribution is -2.26. The Kier molecular flexibility index (Phi) is 6.29. The van der Waals surface area contributed by atoms with Crippen LogP contribution in [0.5, 0.6) is 0 Å². The van der Waals surface area contributed by atoms with Crippen molar-refractivity contribution in [1.29, 1.82) is 0 Å². The Morgan fingerprint density at radius 1 is 1.04 bits per heavy atom. The normalized spacial score (nSPS) is 10.5. The molecule has 1 aromatic heterocycles. The van der Waals surface area contributed by atoms with E-state index < -0.39 is 0 Å². The van der Waals surface area contributed by atoms with Gasteiger partial charge in [0, 0.05) is 24.8 Å². The van der Waals surface area contributed by atoms with Gasteiger partial charge in [-0.15, -0.1) is 0 Å². The van der Waals surface area contributed by atoms with Crippen LogP contribution >= 0.6 is 0 Å². The molecule has 1 N–H and O–H groups in total. The number of rotatable bonds is 7. The molecule has 0 spiro atoms. The number of anilines is 2. The lowest BCUT2D eigenvalue weighted by molar-refractivity contribution is 0.102. The van der Waals surface area contributed by atoms with E-state index in [4.69, 9.17) is 0 Å². The lowest BCUT2D eigenvalue weighted by Gasteiger charge is -2.22. The maximum Gasteiger partial charge on any atom is 0.274 e. The Bertz CT molecular complexity index is 694. The van der Waals surface area contributed by atoms with Crippen molar-refractivity contribution >= 4 is 17.4 Å². The van der Waals surface area contributed by atoms with Crippen molar-refractivity contribution in [2.45, 2.75) is 40.5 Å². The number of nitrogens with zero attached hydrogens (tertiary/aromatic N) is 3. The molecule has 0 saturated carbocycles. The average Bonchev–Trinajstić information content (AvgIpc) is 2.58. The van der Waals surface area contributed by atoms with Crippen molar-refractivity contribution in [3.05, 3.63) is 47.4 Å². The number of nitrogens with one attached hydrogen (secondary N) is 1. The van der Waals surface area contributed by atoms with E-state index in [0.29, 0.717) is 5.69 Å². The molecule has 5 heteroatoms. The monoisotopic (exact) mass is 326 g/mol. The number of benzene rings is 1. The van der Waals surface area contributed by atoms with E-state index in [0.717, 1.165) is 43.0 Å². The summed E-state index contributed by atoms with van der Waals surface area (Å²) in [5.41, 5.74) is 3.51. The van der Waals surface area contributed by atoms with Crippen LogP contribution in [0.2, 0.25) is 0 Å². The van der Waals surface area contributed by atoms with Gasteiger partial charge in [0.05, 0.1) is 0 Å². The Morgan fingerprint density at radius 3 is 2.38 bits per heavy atom. The van der Waals surface area contributed by atoms with Crippen molar-refractivity contribution in [3.63, 3.8) is 0 Å². The third-order valence-electron chi connectivity index (χ3n) is 3.96. The molecule has 0 fully saturated rings. The fraction of sp³-hybridized carbons (Fsp3) is 0.421. The number of aryl methyl sites for hydroxylation is 2. The molecule has 0 aliphatic heterocycles. The fourth-order valence-corrected chi connectivity index (χ4v) is 2.54. The standard InChI is InChI=1S/C19H26N4O/c1-5-9-23(10-6-2)18-12-17(20-13-21-18)19(24)22-16-8-7-14(3)15(4)11-16/h7-8,11-13H,5-6,9-10H2,1-4H3,(H,22,24). The van der Waals surface area contributed by atoms with Crippen LogP contribution in [0.15, 0.2) is 30.6 Å². The minimum absolute atomic E-state index is 0.213. The fourth-order valence-electron chi connectivity index (χ4n) is 2.54. The molecule has 0 aliphatic rings.